The Morgan fingerprint density at radius 3 is 2.18 bits per heavy atom. The molecule has 1 atom stereocenters. The second kappa shape index (κ2) is 4.68. The van der Waals surface area contributed by atoms with E-state index in [0.717, 1.165) is 15.8 Å². The van der Waals surface area contributed by atoms with E-state index < -0.39 is 0 Å². The third kappa shape index (κ3) is 2.92. The summed E-state index contributed by atoms with van der Waals surface area (Å²) in [6, 6.07) is 0. The summed E-state index contributed by atoms with van der Waals surface area (Å²) in [5, 5.41) is 0. The van der Waals surface area contributed by atoms with Gasteiger partial charge in [-0.3, -0.25) is 0 Å². The predicted molar refractivity (Wildman–Crippen MR) is 59.2 cm³/mol. The van der Waals surface area contributed by atoms with Crippen LogP contribution >= 0.6 is 22.6 Å². The Hall–Kier alpha value is 0.730. The van der Waals surface area contributed by atoms with Crippen molar-refractivity contribution >= 4 is 22.6 Å². The molecule has 1 fully saturated rings. The highest BCUT2D eigenvalue weighted by Gasteiger charge is 2.22. The van der Waals surface area contributed by atoms with E-state index in [-0.39, 0.29) is 0 Å². The Morgan fingerprint density at radius 1 is 1.27 bits per heavy atom. The van der Waals surface area contributed by atoms with Gasteiger partial charge in [0.05, 0.1) is 0 Å². The van der Waals surface area contributed by atoms with Gasteiger partial charge in [-0.15, -0.1) is 0 Å². The molecule has 0 aliphatic heterocycles. The molecule has 0 aromatic heterocycles. The molecular formula is C10H19I. The normalized spacial score (nSPS) is 35.2. The van der Waals surface area contributed by atoms with Gasteiger partial charge in [0.1, 0.15) is 0 Å². The summed E-state index contributed by atoms with van der Waals surface area (Å²) in [5.74, 6) is 2.08. The number of hydrogen-bond acceptors (Lipinski definition) is 0. The maximum atomic E-state index is 2.58. The summed E-state index contributed by atoms with van der Waals surface area (Å²) in [5.41, 5.74) is 0. The third-order valence-electron chi connectivity index (χ3n) is 3.12. The maximum absolute atomic E-state index is 2.58. The first kappa shape index (κ1) is 9.82. The minimum atomic E-state index is 0.894. The second-order valence-electron chi connectivity index (χ2n) is 3.87. The SMILES string of the molecule is CCC1CCC(C(C)I)CC1. The van der Waals surface area contributed by atoms with Crippen LogP contribution in [0.1, 0.15) is 46.0 Å². The smallest absolute Gasteiger partial charge is 0.0110 e. The van der Waals surface area contributed by atoms with E-state index in [1.165, 1.54) is 32.1 Å². The average molecular weight is 266 g/mol. The van der Waals surface area contributed by atoms with Crippen LogP contribution in [0.5, 0.6) is 0 Å². The second-order valence-corrected chi connectivity index (χ2v) is 5.83. The van der Waals surface area contributed by atoms with Crippen LogP contribution in [0.15, 0.2) is 0 Å². The first-order valence-electron chi connectivity index (χ1n) is 4.88. The van der Waals surface area contributed by atoms with Crippen LogP contribution in [0.2, 0.25) is 0 Å². The fourth-order valence-corrected chi connectivity index (χ4v) is 2.77. The highest BCUT2D eigenvalue weighted by atomic mass is 127. The van der Waals surface area contributed by atoms with Crippen molar-refractivity contribution in [1.82, 2.24) is 0 Å². The number of halogens is 1. The summed E-state index contributed by atoms with van der Waals surface area (Å²) >= 11 is 2.58. The molecule has 0 saturated heterocycles. The monoisotopic (exact) mass is 266 g/mol. The van der Waals surface area contributed by atoms with Gasteiger partial charge in [0.15, 0.2) is 0 Å². The lowest BCUT2D eigenvalue weighted by molar-refractivity contribution is 0.272. The standard InChI is InChI=1S/C10H19I/c1-3-9-4-6-10(7-5-9)8(2)11/h8-10H,3-7H2,1-2H3. The van der Waals surface area contributed by atoms with E-state index in [1.807, 2.05) is 0 Å². The van der Waals surface area contributed by atoms with Gasteiger partial charge in [-0.1, -0.05) is 55.7 Å². The molecule has 0 heterocycles. The van der Waals surface area contributed by atoms with Crippen molar-refractivity contribution in [3.8, 4) is 0 Å². The first-order valence-corrected chi connectivity index (χ1v) is 6.12. The Morgan fingerprint density at radius 2 is 1.82 bits per heavy atom. The highest BCUT2D eigenvalue weighted by molar-refractivity contribution is 14.1. The summed E-state index contributed by atoms with van der Waals surface area (Å²) in [4.78, 5) is 0. The van der Waals surface area contributed by atoms with Crippen LogP contribution in [0.3, 0.4) is 0 Å². The lowest BCUT2D eigenvalue weighted by atomic mass is 9.80. The summed E-state index contributed by atoms with van der Waals surface area (Å²) in [7, 11) is 0. The lowest BCUT2D eigenvalue weighted by Crippen LogP contribution is -2.19. The number of hydrogen-bond donors (Lipinski definition) is 0. The number of alkyl halides is 1. The molecule has 1 saturated carbocycles. The molecule has 0 bridgehead atoms. The molecule has 0 radical (unpaired) electrons. The zero-order valence-corrected chi connectivity index (χ0v) is 9.80. The molecule has 1 rings (SSSR count). The van der Waals surface area contributed by atoms with Crippen molar-refractivity contribution in [3.05, 3.63) is 0 Å². The summed E-state index contributed by atoms with van der Waals surface area (Å²) in [6.45, 7) is 4.69. The molecule has 1 unspecified atom stereocenters. The summed E-state index contributed by atoms with van der Waals surface area (Å²) in [6.07, 6.45) is 7.37. The van der Waals surface area contributed by atoms with E-state index >= 15 is 0 Å². The van der Waals surface area contributed by atoms with Gasteiger partial charge in [-0.25, -0.2) is 0 Å². The largest absolute Gasteiger partial charge is 0.0826 e. The van der Waals surface area contributed by atoms with Crippen LogP contribution in [0, 0.1) is 11.8 Å². The quantitative estimate of drug-likeness (QED) is 0.523. The fraction of sp³-hybridized carbons (Fsp3) is 1.00. The van der Waals surface area contributed by atoms with Crippen molar-refractivity contribution in [1.29, 1.82) is 0 Å². The maximum Gasteiger partial charge on any atom is 0.0110 e. The number of rotatable bonds is 2. The molecule has 1 aliphatic rings. The Kier molecular flexibility index (Phi) is 4.18. The first-order chi connectivity index (χ1) is 5.24. The zero-order valence-electron chi connectivity index (χ0n) is 7.65. The van der Waals surface area contributed by atoms with Gasteiger partial charge in [0.25, 0.3) is 0 Å². The highest BCUT2D eigenvalue weighted by Crippen LogP contribution is 2.34. The van der Waals surface area contributed by atoms with Crippen LogP contribution in [-0.4, -0.2) is 3.92 Å². The van der Waals surface area contributed by atoms with E-state index in [2.05, 4.69) is 36.4 Å². The van der Waals surface area contributed by atoms with Gasteiger partial charge in [0.2, 0.25) is 0 Å². The average Bonchev–Trinajstić information content (AvgIpc) is 2.05. The van der Waals surface area contributed by atoms with Crippen LogP contribution in [0.4, 0.5) is 0 Å². The van der Waals surface area contributed by atoms with Gasteiger partial charge in [0, 0.05) is 3.92 Å². The van der Waals surface area contributed by atoms with E-state index in [4.69, 9.17) is 0 Å². The Bertz CT molecular complexity index is 101. The van der Waals surface area contributed by atoms with Crippen LogP contribution in [0.25, 0.3) is 0 Å². The third-order valence-corrected chi connectivity index (χ3v) is 4.14. The molecular weight excluding hydrogens is 247 g/mol. The molecule has 0 amide bonds. The molecule has 1 heteroatoms. The molecule has 66 valence electrons. The molecule has 0 spiro atoms. The van der Waals surface area contributed by atoms with Crippen molar-refractivity contribution in [2.75, 3.05) is 0 Å². The van der Waals surface area contributed by atoms with Crippen molar-refractivity contribution < 1.29 is 0 Å². The molecule has 0 nitrogen and oxygen atoms in total. The summed E-state index contributed by atoms with van der Waals surface area (Å²) < 4.78 is 0.894. The Balaban J connectivity index is 2.24. The van der Waals surface area contributed by atoms with Crippen molar-refractivity contribution in [2.24, 2.45) is 11.8 Å². The minimum Gasteiger partial charge on any atom is -0.0826 e. The van der Waals surface area contributed by atoms with Gasteiger partial charge in [-0.2, -0.15) is 0 Å². The van der Waals surface area contributed by atoms with Crippen LogP contribution in [-0.2, 0) is 0 Å². The lowest BCUT2D eigenvalue weighted by Gasteiger charge is -2.29. The van der Waals surface area contributed by atoms with Gasteiger partial charge in [-0.05, 0) is 24.7 Å². The predicted octanol–water partition coefficient (Wildman–Crippen LogP) is 4.03. The molecule has 0 aromatic carbocycles. The van der Waals surface area contributed by atoms with Gasteiger partial charge < -0.3 is 0 Å². The van der Waals surface area contributed by atoms with Crippen molar-refractivity contribution in [2.45, 2.75) is 49.9 Å². The van der Waals surface area contributed by atoms with E-state index in [9.17, 15) is 0 Å². The molecule has 0 aromatic rings. The van der Waals surface area contributed by atoms with Crippen molar-refractivity contribution in [3.63, 3.8) is 0 Å². The zero-order chi connectivity index (χ0) is 8.27. The fourth-order valence-electron chi connectivity index (χ4n) is 2.06. The molecule has 11 heavy (non-hydrogen) atoms. The Labute approximate surface area is 84.3 Å². The molecule has 1 aliphatic carbocycles. The minimum absolute atomic E-state index is 0.894. The van der Waals surface area contributed by atoms with Gasteiger partial charge >= 0.3 is 0 Å². The van der Waals surface area contributed by atoms with E-state index in [0.29, 0.717) is 0 Å². The molecule has 0 N–H and O–H groups in total. The van der Waals surface area contributed by atoms with E-state index in [1.54, 1.807) is 0 Å². The topological polar surface area (TPSA) is 0 Å². The van der Waals surface area contributed by atoms with Crippen LogP contribution < -0.4 is 0 Å².